The van der Waals surface area contributed by atoms with Gasteiger partial charge in [0.25, 0.3) is 0 Å². The van der Waals surface area contributed by atoms with Gasteiger partial charge in [-0.2, -0.15) is 0 Å². The van der Waals surface area contributed by atoms with Gasteiger partial charge in [-0.1, -0.05) is 11.6 Å². The molecule has 17 heavy (non-hydrogen) atoms. The molecule has 0 radical (unpaired) electrons. The summed E-state index contributed by atoms with van der Waals surface area (Å²) in [5, 5.41) is 0. The number of aldehydes is 1. The van der Waals surface area contributed by atoms with E-state index >= 15 is 0 Å². The first-order valence-electron chi connectivity index (χ1n) is 5.50. The number of rotatable bonds is 4. The van der Waals surface area contributed by atoms with Crippen molar-refractivity contribution in [2.24, 2.45) is 0 Å². The van der Waals surface area contributed by atoms with Crippen LogP contribution in [-0.4, -0.2) is 13.3 Å². The van der Waals surface area contributed by atoms with Crippen LogP contribution in [0.25, 0.3) is 0 Å². The minimum atomic E-state index is 0.650. The normalized spacial score (nSPS) is 10.2. The van der Waals surface area contributed by atoms with Crippen molar-refractivity contribution in [3.63, 3.8) is 0 Å². The van der Waals surface area contributed by atoms with E-state index < -0.39 is 0 Å². The van der Waals surface area contributed by atoms with Crippen molar-refractivity contribution in [1.29, 1.82) is 0 Å². The van der Waals surface area contributed by atoms with Crippen LogP contribution in [0.15, 0.2) is 41.0 Å². The summed E-state index contributed by atoms with van der Waals surface area (Å²) in [6, 6.07) is 9.63. The molecule has 3 nitrogen and oxygen atoms in total. The average molecular weight is 229 g/mol. The van der Waals surface area contributed by atoms with Crippen LogP contribution in [0.3, 0.4) is 0 Å². The number of anilines is 1. The number of furan rings is 1. The number of aryl methyl sites for hydroxylation is 1. The molecule has 1 heterocycles. The predicted molar refractivity (Wildman–Crippen MR) is 67.4 cm³/mol. The van der Waals surface area contributed by atoms with Gasteiger partial charge >= 0.3 is 0 Å². The summed E-state index contributed by atoms with van der Waals surface area (Å²) in [4.78, 5) is 13.0. The number of benzene rings is 1. The van der Waals surface area contributed by atoms with Crippen molar-refractivity contribution in [3.8, 4) is 0 Å². The van der Waals surface area contributed by atoms with E-state index in [-0.39, 0.29) is 0 Å². The minimum absolute atomic E-state index is 0.650. The maximum atomic E-state index is 11.0. The van der Waals surface area contributed by atoms with E-state index in [2.05, 4.69) is 0 Å². The first kappa shape index (κ1) is 11.5. The lowest BCUT2D eigenvalue weighted by Gasteiger charge is -2.20. The van der Waals surface area contributed by atoms with Gasteiger partial charge in [-0.3, -0.25) is 4.79 Å². The van der Waals surface area contributed by atoms with Crippen LogP contribution in [0.4, 0.5) is 5.69 Å². The van der Waals surface area contributed by atoms with Gasteiger partial charge in [-0.05, 0) is 31.2 Å². The van der Waals surface area contributed by atoms with E-state index in [1.165, 1.54) is 0 Å². The second kappa shape index (κ2) is 4.87. The van der Waals surface area contributed by atoms with E-state index in [9.17, 15) is 4.79 Å². The molecule has 1 aromatic heterocycles. The molecule has 2 aromatic rings. The summed E-state index contributed by atoms with van der Waals surface area (Å²) in [6.07, 6.45) is 2.54. The first-order chi connectivity index (χ1) is 8.20. The Labute approximate surface area is 101 Å². The third kappa shape index (κ3) is 2.56. The van der Waals surface area contributed by atoms with E-state index in [1.807, 2.05) is 49.2 Å². The fourth-order valence-corrected chi connectivity index (χ4v) is 1.84. The SMILES string of the molecule is Cc1ccc(N(C)Cc2ccco2)c(C=O)c1. The van der Waals surface area contributed by atoms with Crippen LogP contribution in [0.2, 0.25) is 0 Å². The Kier molecular flexibility index (Phi) is 3.28. The maximum Gasteiger partial charge on any atom is 0.152 e. The fourth-order valence-electron chi connectivity index (χ4n) is 1.84. The Balaban J connectivity index is 2.24. The Morgan fingerprint density at radius 1 is 1.35 bits per heavy atom. The van der Waals surface area contributed by atoms with Gasteiger partial charge in [0.2, 0.25) is 0 Å². The number of carbonyl (C=O) groups is 1. The smallest absolute Gasteiger partial charge is 0.152 e. The van der Waals surface area contributed by atoms with Crippen LogP contribution in [0.5, 0.6) is 0 Å². The molecular weight excluding hydrogens is 214 g/mol. The molecule has 0 saturated carbocycles. The quantitative estimate of drug-likeness (QED) is 0.755. The molecule has 0 spiro atoms. The van der Waals surface area contributed by atoms with E-state index in [4.69, 9.17) is 4.42 Å². The molecule has 0 aliphatic carbocycles. The highest BCUT2D eigenvalue weighted by atomic mass is 16.3. The number of hydrogen-bond donors (Lipinski definition) is 0. The van der Waals surface area contributed by atoms with E-state index in [0.717, 1.165) is 23.3 Å². The average Bonchev–Trinajstić information content (AvgIpc) is 2.81. The van der Waals surface area contributed by atoms with Gasteiger partial charge in [0.1, 0.15) is 5.76 Å². The standard InChI is InChI=1S/C14H15NO2/c1-11-5-6-14(12(8-11)10-16)15(2)9-13-4-3-7-17-13/h3-8,10H,9H2,1-2H3. The van der Waals surface area contributed by atoms with Crippen LogP contribution in [-0.2, 0) is 6.54 Å². The molecule has 3 heteroatoms. The van der Waals surface area contributed by atoms with Crippen molar-refractivity contribution in [1.82, 2.24) is 0 Å². The molecule has 0 aliphatic heterocycles. The molecule has 0 N–H and O–H groups in total. The summed E-state index contributed by atoms with van der Waals surface area (Å²) in [5.41, 5.74) is 2.71. The van der Waals surface area contributed by atoms with Gasteiger partial charge in [0.05, 0.1) is 12.8 Å². The lowest BCUT2D eigenvalue weighted by molar-refractivity contribution is 0.112. The zero-order valence-corrected chi connectivity index (χ0v) is 10.0. The van der Waals surface area contributed by atoms with Crippen molar-refractivity contribution >= 4 is 12.0 Å². The van der Waals surface area contributed by atoms with Gasteiger partial charge in [0.15, 0.2) is 6.29 Å². The summed E-state index contributed by atoms with van der Waals surface area (Å²) < 4.78 is 5.29. The predicted octanol–water partition coefficient (Wildman–Crippen LogP) is 3.04. The van der Waals surface area contributed by atoms with Crippen LogP contribution < -0.4 is 4.90 Å². The molecule has 0 atom stereocenters. The molecular formula is C14H15NO2. The monoisotopic (exact) mass is 229 g/mol. The number of hydrogen-bond acceptors (Lipinski definition) is 3. The number of carbonyl (C=O) groups excluding carboxylic acids is 1. The topological polar surface area (TPSA) is 33.5 Å². The summed E-state index contributed by atoms with van der Waals surface area (Å²) >= 11 is 0. The highest BCUT2D eigenvalue weighted by Crippen LogP contribution is 2.21. The fraction of sp³-hybridized carbons (Fsp3) is 0.214. The lowest BCUT2D eigenvalue weighted by Crippen LogP contribution is -2.17. The molecule has 0 saturated heterocycles. The third-order valence-corrected chi connectivity index (χ3v) is 2.69. The van der Waals surface area contributed by atoms with Crippen LogP contribution >= 0.6 is 0 Å². The Morgan fingerprint density at radius 2 is 2.18 bits per heavy atom. The molecule has 88 valence electrons. The second-order valence-electron chi connectivity index (χ2n) is 4.12. The largest absolute Gasteiger partial charge is 0.467 e. The third-order valence-electron chi connectivity index (χ3n) is 2.69. The summed E-state index contributed by atoms with van der Waals surface area (Å²) in [6.45, 7) is 2.63. The Morgan fingerprint density at radius 3 is 2.82 bits per heavy atom. The molecule has 0 bridgehead atoms. The van der Waals surface area contributed by atoms with Crippen LogP contribution in [0.1, 0.15) is 21.7 Å². The van der Waals surface area contributed by atoms with Gasteiger partial charge in [0, 0.05) is 18.3 Å². The zero-order chi connectivity index (χ0) is 12.3. The molecule has 0 unspecified atom stereocenters. The van der Waals surface area contributed by atoms with Crippen LogP contribution in [0, 0.1) is 6.92 Å². The van der Waals surface area contributed by atoms with E-state index in [1.54, 1.807) is 6.26 Å². The van der Waals surface area contributed by atoms with Gasteiger partial charge in [-0.25, -0.2) is 0 Å². The maximum absolute atomic E-state index is 11.0. The van der Waals surface area contributed by atoms with Crippen molar-refractivity contribution < 1.29 is 9.21 Å². The zero-order valence-electron chi connectivity index (χ0n) is 10.0. The van der Waals surface area contributed by atoms with Gasteiger partial charge in [-0.15, -0.1) is 0 Å². The molecule has 0 aliphatic rings. The second-order valence-corrected chi connectivity index (χ2v) is 4.12. The number of nitrogens with zero attached hydrogens (tertiary/aromatic N) is 1. The highest BCUT2D eigenvalue weighted by molar-refractivity contribution is 5.84. The van der Waals surface area contributed by atoms with Gasteiger partial charge < -0.3 is 9.32 Å². The van der Waals surface area contributed by atoms with Crippen molar-refractivity contribution in [3.05, 3.63) is 53.5 Å². The minimum Gasteiger partial charge on any atom is -0.467 e. The highest BCUT2D eigenvalue weighted by Gasteiger charge is 2.08. The molecule has 0 fully saturated rings. The Hall–Kier alpha value is -2.03. The Bertz CT molecular complexity index is 503. The molecule has 0 amide bonds. The lowest BCUT2D eigenvalue weighted by atomic mass is 10.1. The summed E-state index contributed by atoms with van der Waals surface area (Å²) in [5.74, 6) is 0.880. The molecule has 1 aromatic carbocycles. The van der Waals surface area contributed by atoms with E-state index in [0.29, 0.717) is 12.1 Å². The van der Waals surface area contributed by atoms with Crippen molar-refractivity contribution in [2.45, 2.75) is 13.5 Å². The first-order valence-corrected chi connectivity index (χ1v) is 5.50. The molecule has 2 rings (SSSR count). The van der Waals surface area contributed by atoms with Crippen molar-refractivity contribution in [2.75, 3.05) is 11.9 Å². The summed E-state index contributed by atoms with van der Waals surface area (Å²) in [7, 11) is 1.94.